The third-order valence-corrected chi connectivity index (χ3v) is 3.22. The highest BCUT2D eigenvalue weighted by Crippen LogP contribution is 1.99. The first-order valence-corrected chi connectivity index (χ1v) is 6.44. The maximum atomic E-state index is 11.5. The van der Waals surface area contributed by atoms with E-state index in [1.165, 1.54) is 0 Å². The van der Waals surface area contributed by atoms with Crippen LogP contribution in [-0.2, 0) is 4.79 Å². The molecule has 1 atom stereocenters. The molecule has 0 aromatic heterocycles. The van der Waals surface area contributed by atoms with Crippen LogP contribution >= 0.6 is 0 Å². The van der Waals surface area contributed by atoms with E-state index in [0.717, 1.165) is 52.1 Å². The number of nitrogens with one attached hydrogen (secondary N) is 2. The highest BCUT2D eigenvalue weighted by molar-refractivity contribution is 5.78. The molecule has 1 unspecified atom stereocenters. The molecule has 0 spiro atoms. The predicted octanol–water partition coefficient (Wildman–Crippen LogP) is 0.444. The van der Waals surface area contributed by atoms with E-state index in [-0.39, 0.29) is 11.8 Å². The molecule has 1 aliphatic rings. The van der Waals surface area contributed by atoms with E-state index < -0.39 is 0 Å². The molecule has 0 bridgehead atoms. The maximum absolute atomic E-state index is 11.5. The average molecular weight is 227 g/mol. The third-order valence-electron chi connectivity index (χ3n) is 3.22. The van der Waals surface area contributed by atoms with Gasteiger partial charge in [-0.1, -0.05) is 13.8 Å². The fourth-order valence-corrected chi connectivity index (χ4v) is 1.81. The van der Waals surface area contributed by atoms with Crippen LogP contribution in [0, 0.1) is 5.92 Å². The lowest BCUT2D eigenvalue weighted by molar-refractivity contribution is -0.124. The summed E-state index contributed by atoms with van der Waals surface area (Å²) in [5, 5.41) is 6.33. The lowest BCUT2D eigenvalue weighted by Gasteiger charge is -2.27. The molecule has 4 heteroatoms. The number of rotatable bonds is 6. The predicted molar refractivity (Wildman–Crippen MR) is 66.4 cm³/mol. The normalized spacial score (nSPS) is 19.4. The molecule has 0 saturated carbocycles. The summed E-state index contributed by atoms with van der Waals surface area (Å²) in [4.78, 5) is 13.9. The number of carbonyl (C=O) groups excluding carboxylic acids is 1. The van der Waals surface area contributed by atoms with E-state index >= 15 is 0 Å². The molecule has 0 aromatic carbocycles. The first kappa shape index (κ1) is 13.5. The van der Waals surface area contributed by atoms with Gasteiger partial charge in [0.2, 0.25) is 5.91 Å². The fourth-order valence-electron chi connectivity index (χ4n) is 1.81. The van der Waals surface area contributed by atoms with Gasteiger partial charge in [0, 0.05) is 38.6 Å². The van der Waals surface area contributed by atoms with Crippen molar-refractivity contribution in [2.45, 2.75) is 26.7 Å². The van der Waals surface area contributed by atoms with Crippen LogP contribution in [0.1, 0.15) is 26.7 Å². The summed E-state index contributed by atoms with van der Waals surface area (Å²) in [6, 6.07) is 0. The largest absolute Gasteiger partial charge is 0.356 e. The minimum absolute atomic E-state index is 0.152. The van der Waals surface area contributed by atoms with Crippen LogP contribution in [0.3, 0.4) is 0 Å². The summed E-state index contributed by atoms with van der Waals surface area (Å²) in [5.41, 5.74) is 0. The lowest BCUT2D eigenvalue weighted by atomic mass is 10.1. The van der Waals surface area contributed by atoms with E-state index in [1.54, 1.807) is 0 Å². The molecule has 1 aliphatic heterocycles. The zero-order valence-electron chi connectivity index (χ0n) is 10.6. The Kier molecular flexibility index (Phi) is 6.42. The summed E-state index contributed by atoms with van der Waals surface area (Å²) in [6.45, 7) is 10.4. The van der Waals surface area contributed by atoms with Crippen LogP contribution < -0.4 is 10.6 Å². The Labute approximate surface area is 98.8 Å². The van der Waals surface area contributed by atoms with Crippen LogP contribution in [0.25, 0.3) is 0 Å². The van der Waals surface area contributed by atoms with Gasteiger partial charge in [-0.05, 0) is 19.4 Å². The number of nitrogens with zero attached hydrogens (tertiary/aromatic N) is 1. The minimum Gasteiger partial charge on any atom is -0.356 e. The van der Waals surface area contributed by atoms with Gasteiger partial charge in [0.05, 0.1) is 0 Å². The molecule has 1 saturated heterocycles. The van der Waals surface area contributed by atoms with Gasteiger partial charge in [0.15, 0.2) is 0 Å². The standard InChI is InChI=1S/C12H25N3O/c1-3-11(2)12(16)14-5-4-8-15-9-6-13-7-10-15/h11,13H,3-10H2,1-2H3,(H,14,16). The quantitative estimate of drug-likeness (QED) is 0.647. The summed E-state index contributed by atoms with van der Waals surface area (Å²) >= 11 is 0. The van der Waals surface area contributed by atoms with Gasteiger partial charge in [-0.3, -0.25) is 4.79 Å². The van der Waals surface area contributed by atoms with Crippen molar-refractivity contribution in [2.75, 3.05) is 39.3 Å². The third kappa shape index (κ3) is 4.94. The van der Waals surface area contributed by atoms with E-state index in [1.807, 2.05) is 13.8 Å². The van der Waals surface area contributed by atoms with Gasteiger partial charge in [-0.2, -0.15) is 0 Å². The van der Waals surface area contributed by atoms with Crippen molar-refractivity contribution in [1.29, 1.82) is 0 Å². The monoisotopic (exact) mass is 227 g/mol. The Hall–Kier alpha value is -0.610. The zero-order valence-corrected chi connectivity index (χ0v) is 10.6. The molecule has 1 heterocycles. The number of hydrogen-bond acceptors (Lipinski definition) is 3. The summed E-state index contributed by atoms with van der Waals surface area (Å²) < 4.78 is 0. The Bertz CT molecular complexity index is 202. The van der Waals surface area contributed by atoms with Crippen molar-refractivity contribution in [2.24, 2.45) is 5.92 Å². The van der Waals surface area contributed by atoms with Crippen molar-refractivity contribution in [3.63, 3.8) is 0 Å². The highest BCUT2D eigenvalue weighted by atomic mass is 16.1. The molecular weight excluding hydrogens is 202 g/mol. The molecule has 1 rings (SSSR count). The number of hydrogen-bond donors (Lipinski definition) is 2. The smallest absolute Gasteiger partial charge is 0.222 e. The zero-order chi connectivity index (χ0) is 11.8. The van der Waals surface area contributed by atoms with E-state index in [2.05, 4.69) is 15.5 Å². The Morgan fingerprint density at radius 2 is 2.12 bits per heavy atom. The van der Waals surface area contributed by atoms with E-state index in [9.17, 15) is 4.79 Å². The van der Waals surface area contributed by atoms with Gasteiger partial charge in [-0.15, -0.1) is 0 Å². The summed E-state index contributed by atoms with van der Waals surface area (Å²) in [6.07, 6.45) is 1.98. The maximum Gasteiger partial charge on any atom is 0.222 e. The first-order chi connectivity index (χ1) is 7.74. The van der Waals surface area contributed by atoms with Crippen molar-refractivity contribution < 1.29 is 4.79 Å². The Morgan fingerprint density at radius 3 is 2.75 bits per heavy atom. The summed E-state index contributed by atoms with van der Waals surface area (Å²) in [5.74, 6) is 0.349. The van der Waals surface area contributed by atoms with Crippen molar-refractivity contribution >= 4 is 5.91 Å². The summed E-state index contributed by atoms with van der Waals surface area (Å²) in [7, 11) is 0. The molecule has 0 radical (unpaired) electrons. The van der Waals surface area contributed by atoms with Gasteiger partial charge in [0.1, 0.15) is 0 Å². The van der Waals surface area contributed by atoms with Crippen LogP contribution in [0.2, 0.25) is 0 Å². The molecule has 16 heavy (non-hydrogen) atoms. The molecular formula is C12H25N3O. The molecule has 4 nitrogen and oxygen atoms in total. The average Bonchev–Trinajstić information content (AvgIpc) is 2.34. The fraction of sp³-hybridized carbons (Fsp3) is 0.917. The lowest BCUT2D eigenvalue weighted by Crippen LogP contribution is -2.44. The Balaban J connectivity index is 2.00. The van der Waals surface area contributed by atoms with Crippen molar-refractivity contribution in [3.05, 3.63) is 0 Å². The van der Waals surface area contributed by atoms with Gasteiger partial charge in [0.25, 0.3) is 0 Å². The van der Waals surface area contributed by atoms with E-state index in [0.29, 0.717) is 0 Å². The second-order valence-electron chi connectivity index (χ2n) is 4.55. The number of carbonyl (C=O) groups is 1. The SMILES string of the molecule is CCC(C)C(=O)NCCCN1CCNCC1. The van der Waals surface area contributed by atoms with Gasteiger partial charge >= 0.3 is 0 Å². The van der Waals surface area contributed by atoms with Crippen LogP contribution in [0.5, 0.6) is 0 Å². The number of piperazine rings is 1. The molecule has 2 N–H and O–H groups in total. The Morgan fingerprint density at radius 1 is 1.44 bits per heavy atom. The first-order valence-electron chi connectivity index (χ1n) is 6.44. The highest BCUT2D eigenvalue weighted by Gasteiger charge is 2.10. The number of amides is 1. The minimum atomic E-state index is 0.152. The molecule has 94 valence electrons. The molecule has 0 aliphatic carbocycles. The van der Waals surface area contributed by atoms with Crippen molar-refractivity contribution in [3.8, 4) is 0 Å². The van der Waals surface area contributed by atoms with Gasteiger partial charge < -0.3 is 15.5 Å². The molecule has 0 aromatic rings. The van der Waals surface area contributed by atoms with Crippen LogP contribution in [0.4, 0.5) is 0 Å². The topological polar surface area (TPSA) is 44.4 Å². The second kappa shape index (κ2) is 7.63. The van der Waals surface area contributed by atoms with Crippen LogP contribution in [-0.4, -0.2) is 50.1 Å². The molecule has 1 fully saturated rings. The second-order valence-corrected chi connectivity index (χ2v) is 4.55. The van der Waals surface area contributed by atoms with Crippen LogP contribution in [0.15, 0.2) is 0 Å². The van der Waals surface area contributed by atoms with Gasteiger partial charge in [-0.25, -0.2) is 0 Å². The van der Waals surface area contributed by atoms with Crippen molar-refractivity contribution in [1.82, 2.24) is 15.5 Å². The van der Waals surface area contributed by atoms with E-state index in [4.69, 9.17) is 0 Å². The molecule has 1 amide bonds.